The molecule has 2 N–H and O–H groups in total. The van der Waals surface area contributed by atoms with Crippen molar-refractivity contribution in [2.24, 2.45) is 0 Å². The molecule has 0 radical (unpaired) electrons. The number of hydrogen-bond donors (Lipinski definition) is 2. The number of carbonyl (C=O) groups is 1. The van der Waals surface area contributed by atoms with Gasteiger partial charge in [-0.15, -0.1) is 0 Å². The largest absolute Gasteiger partial charge is 0.436 e. The van der Waals surface area contributed by atoms with E-state index in [1.807, 2.05) is 42.2 Å². The summed E-state index contributed by atoms with van der Waals surface area (Å²) in [7, 11) is 0. The van der Waals surface area contributed by atoms with Crippen LogP contribution < -0.4 is 15.5 Å². The van der Waals surface area contributed by atoms with Crippen LogP contribution in [0.1, 0.15) is 15.9 Å². The van der Waals surface area contributed by atoms with Gasteiger partial charge in [0.05, 0.1) is 18.1 Å². The van der Waals surface area contributed by atoms with Crippen molar-refractivity contribution in [1.29, 1.82) is 0 Å². The highest BCUT2D eigenvalue weighted by Gasteiger charge is 2.23. The number of benzene rings is 3. The second-order valence-electron chi connectivity index (χ2n) is 8.54. The molecular weight excluding hydrogens is 494 g/mol. The molecule has 1 saturated heterocycles. The molecule has 11 heteroatoms. The lowest BCUT2D eigenvalue weighted by atomic mass is 10.1. The number of carbonyl (C=O) groups excluding carboxylic acids is 1. The van der Waals surface area contributed by atoms with Gasteiger partial charge >= 0.3 is 0 Å². The van der Waals surface area contributed by atoms with Crippen molar-refractivity contribution in [3.63, 3.8) is 0 Å². The third-order valence-electron chi connectivity index (χ3n) is 5.95. The van der Waals surface area contributed by atoms with E-state index in [9.17, 15) is 14.9 Å². The molecule has 0 bridgehead atoms. The number of nitro groups is 1. The maximum Gasteiger partial charge on any atom is 0.293 e. The first-order chi connectivity index (χ1) is 17.9. The number of thiocarbonyl (C=S) groups is 1. The summed E-state index contributed by atoms with van der Waals surface area (Å²) in [4.78, 5) is 30.3. The molecule has 1 aliphatic rings. The molecule has 3 aromatic carbocycles. The van der Waals surface area contributed by atoms with Crippen LogP contribution in [0.5, 0.6) is 0 Å². The first kappa shape index (κ1) is 24.3. The Labute approximate surface area is 217 Å². The van der Waals surface area contributed by atoms with E-state index < -0.39 is 10.8 Å². The van der Waals surface area contributed by atoms with Crippen molar-refractivity contribution >= 4 is 51.4 Å². The van der Waals surface area contributed by atoms with Crippen LogP contribution >= 0.6 is 12.2 Å². The van der Waals surface area contributed by atoms with Crippen molar-refractivity contribution in [2.45, 2.75) is 6.92 Å². The Morgan fingerprint density at radius 3 is 2.57 bits per heavy atom. The standard InChI is InChI=1S/C26H23N5O5S/c1-16-2-9-23-20(14-16)28-25(36-23)17-3-6-19(7-4-17)27-26(37)29-24(32)18-5-8-21(22(15-18)31(33)34)30-10-12-35-13-11-30/h2-9,14-15H,10-13H2,1H3,(H2,27,29,32,37). The molecule has 1 amide bonds. The summed E-state index contributed by atoms with van der Waals surface area (Å²) < 4.78 is 11.2. The maximum absolute atomic E-state index is 12.7. The molecular formula is C26H23N5O5S. The molecule has 1 fully saturated rings. The topological polar surface area (TPSA) is 123 Å². The fraction of sp³-hybridized carbons (Fsp3) is 0.192. The molecule has 4 aromatic rings. The van der Waals surface area contributed by atoms with Crippen LogP contribution in [0.25, 0.3) is 22.6 Å². The number of hydrogen-bond acceptors (Lipinski definition) is 8. The highest BCUT2D eigenvalue weighted by Crippen LogP contribution is 2.30. The third-order valence-corrected chi connectivity index (χ3v) is 6.15. The van der Waals surface area contributed by atoms with Gasteiger partial charge in [0.2, 0.25) is 5.89 Å². The van der Waals surface area contributed by atoms with Gasteiger partial charge in [0.25, 0.3) is 11.6 Å². The second kappa shape index (κ2) is 10.3. The van der Waals surface area contributed by atoms with Crippen molar-refractivity contribution in [3.05, 3.63) is 81.9 Å². The Balaban J connectivity index is 1.24. The minimum atomic E-state index is -0.549. The zero-order chi connectivity index (χ0) is 25.9. The lowest BCUT2D eigenvalue weighted by Crippen LogP contribution is -2.37. The summed E-state index contributed by atoms with van der Waals surface area (Å²) in [6.45, 7) is 4.08. The molecule has 188 valence electrons. The SMILES string of the molecule is Cc1ccc2oc(-c3ccc(NC(=S)NC(=O)c4ccc(N5CCOCC5)c([N+](=O)[O-])c4)cc3)nc2c1. The molecule has 37 heavy (non-hydrogen) atoms. The molecule has 0 aliphatic carbocycles. The fourth-order valence-corrected chi connectivity index (χ4v) is 4.29. The van der Waals surface area contributed by atoms with Gasteiger partial charge in [0.15, 0.2) is 10.7 Å². The summed E-state index contributed by atoms with van der Waals surface area (Å²) >= 11 is 5.28. The van der Waals surface area contributed by atoms with Crippen LogP contribution in [0.15, 0.2) is 65.1 Å². The predicted molar refractivity (Wildman–Crippen MR) is 144 cm³/mol. The van der Waals surface area contributed by atoms with Gasteiger partial charge < -0.3 is 19.4 Å². The Bertz CT molecular complexity index is 1500. The molecule has 1 aliphatic heterocycles. The van der Waals surface area contributed by atoms with Crippen molar-refractivity contribution < 1.29 is 18.9 Å². The first-order valence-electron chi connectivity index (χ1n) is 11.6. The van der Waals surface area contributed by atoms with E-state index in [1.165, 1.54) is 6.07 Å². The van der Waals surface area contributed by atoms with E-state index in [1.54, 1.807) is 24.3 Å². The zero-order valence-corrected chi connectivity index (χ0v) is 20.7. The van der Waals surface area contributed by atoms with Gasteiger partial charge in [-0.1, -0.05) is 6.07 Å². The van der Waals surface area contributed by atoms with Crippen LogP contribution in [0.4, 0.5) is 17.1 Å². The van der Waals surface area contributed by atoms with E-state index >= 15 is 0 Å². The third kappa shape index (κ3) is 5.42. The number of ether oxygens (including phenoxy) is 1. The summed E-state index contributed by atoms with van der Waals surface area (Å²) in [5.41, 5.74) is 4.50. The normalized spacial score (nSPS) is 13.4. The summed E-state index contributed by atoms with van der Waals surface area (Å²) in [6.07, 6.45) is 0. The molecule has 2 heterocycles. The van der Waals surface area contributed by atoms with Gasteiger partial charge in [0, 0.05) is 36.0 Å². The number of nitro benzene ring substituents is 1. The number of rotatable bonds is 5. The minimum absolute atomic E-state index is 0.0648. The van der Waals surface area contributed by atoms with Crippen LogP contribution in [-0.4, -0.2) is 47.2 Å². The highest BCUT2D eigenvalue weighted by molar-refractivity contribution is 7.80. The summed E-state index contributed by atoms with van der Waals surface area (Å²) in [5, 5.41) is 17.3. The van der Waals surface area contributed by atoms with Crippen molar-refractivity contribution in [3.8, 4) is 11.5 Å². The van der Waals surface area contributed by atoms with E-state index in [0.717, 1.165) is 16.6 Å². The number of fused-ring (bicyclic) bond motifs is 1. The Kier molecular flexibility index (Phi) is 6.80. The van der Waals surface area contributed by atoms with Crippen LogP contribution in [0.3, 0.4) is 0 Å². The first-order valence-corrected chi connectivity index (χ1v) is 12.0. The van der Waals surface area contributed by atoms with Gasteiger partial charge in [-0.2, -0.15) is 0 Å². The van der Waals surface area contributed by atoms with Gasteiger partial charge in [-0.25, -0.2) is 4.98 Å². The summed E-state index contributed by atoms with van der Waals surface area (Å²) in [5.74, 6) is -0.0438. The number of amides is 1. The quantitative estimate of drug-likeness (QED) is 0.221. The smallest absolute Gasteiger partial charge is 0.293 e. The number of oxazole rings is 1. The second-order valence-corrected chi connectivity index (χ2v) is 8.94. The minimum Gasteiger partial charge on any atom is -0.436 e. The lowest BCUT2D eigenvalue weighted by Gasteiger charge is -2.28. The number of nitrogens with zero attached hydrogens (tertiary/aromatic N) is 3. The van der Waals surface area contributed by atoms with Crippen LogP contribution in [0, 0.1) is 17.0 Å². The van der Waals surface area contributed by atoms with Crippen LogP contribution in [-0.2, 0) is 4.74 Å². The molecule has 0 unspecified atom stereocenters. The van der Waals surface area contributed by atoms with E-state index in [2.05, 4.69) is 15.6 Å². The molecule has 5 rings (SSSR count). The molecule has 10 nitrogen and oxygen atoms in total. The fourth-order valence-electron chi connectivity index (χ4n) is 4.08. The van der Waals surface area contributed by atoms with Gasteiger partial charge in [0.1, 0.15) is 11.2 Å². The number of aromatic nitrogens is 1. The van der Waals surface area contributed by atoms with E-state index in [-0.39, 0.29) is 16.4 Å². The number of morpholine rings is 1. The highest BCUT2D eigenvalue weighted by atomic mass is 32.1. The Morgan fingerprint density at radius 2 is 1.84 bits per heavy atom. The van der Waals surface area contributed by atoms with Crippen molar-refractivity contribution in [1.82, 2.24) is 10.3 Å². The van der Waals surface area contributed by atoms with Crippen LogP contribution in [0.2, 0.25) is 0 Å². The number of nitrogens with one attached hydrogen (secondary N) is 2. The average Bonchev–Trinajstić information content (AvgIpc) is 3.32. The average molecular weight is 518 g/mol. The summed E-state index contributed by atoms with van der Waals surface area (Å²) in [6, 6.07) is 17.5. The Hall–Kier alpha value is -4.35. The molecule has 1 aromatic heterocycles. The van der Waals surface area contributed by atoms with E-state index in [4.69, 9.17) is 21.4 Å². The lowest BCUT2D eigenvalue weighted by molar-refractivity contribution is -0.384. The van der Waals surface area contributed by atoms with E-state index in [0.29, 0.717) is 49.2 Å². The predicted octanol–water partition coefficient (Wildman–Crippen LogP) is 4.67. The number of anilines is 2. The monoisotopic (exact) mass is 517 g/mol. The van der Waals surface area contributed by atoms with Gasteiger partial charge in [-0.3, -0.25) is 20.2 Å². The number of aryl methyl sites for hydroxylation is 1. The zero-order valence-electron chi connectivity index (χ0n) is 19.9. The molecule has 0 atom stereocenters. The maximum atomic E-state index is 12.7. The molecule has 0 spiro atoms. The van der Waals surface area contributed by atoms with Crippen molar-refractivity contribution in [2.75, 3.05) is 36.5 Å². The van der Waals surface area contributed by atoms with Gasteiger partial charge in [-0.05, 0) is 73.2 Å². The molecule has 0 saturated carbocycles. The Morgan fingerprint density at radius 1 is 1.08 bits per heavy atom.